The van der Waals surface area contributed by atoms with E-state index in [9.17, 15) is 60.7 Å². The van der Waals surface area contributed by atoms with Crippen LogP contribution in [0.25, 0.3) is 0 Å². The largest absolute Gasteiger partial charge is 0.462 e. The number of aliphatic hydroxyl groups is 10. The smallest absolute Gasteiger partial charge is 0.309 e. The number of carbonyl (C=O) groups excluding carboxylic acids is 2. The molecular formula is C67H112O29. The van der Waals surface area contributed by atoms with Gasteiger partial charge in [0.05, 0.1) is 85.1 Å². The van der Waals surface area contributed by atoms with Gasteiger partial charge in [-0.15, -0.1) is 0 Å². The molecule has 10 rings (SSSR count). The summed E-state index contributed by atoms with van der Waals surface area (Å²) in [6.07, 6.45) is -23.4. The number of hydrogen-bond donors (Lipinski definition) is 10. The van der Waals surface area contributed by atoms with Crippen molar-refractivity contribution in [2.45, 2.75) is 342 Å². The summed E-state index contributed by atoms with van der Waals surface area (Å²) in [5.41, 5.74) is -4.59. The highest BCUT2D eigenvalue weighted by molar-refractivity contribution is 5.72. The van der Waals surface area contributed by atoms with Crippen LogP contribution < -0.4 is 0 Å². The van der Waals surface area contributed by atoms with Crippen molar-refractivity contribution >= 4 is 11.9 Å². The zero-order valence-corrected chi connectivity index (χ0v) is 57.9. The van der Waals surface area contributed by atoms with Crippen molar-refractivity contribution in [1.82, 2.24) is 0 Å². The summed E-state index contributed by atoms with van der Waals surface area (Å²) in [5, 5.41) is 111. The van der Waals surface area contributed by atoms with Crippen molar-refractivity contribution in [3.05, 3.63) is 0 Å². The van der Waals surface area contributed by atoms with Crippen molar-refractivity contribution in [1.29, 1.82) is 0 Å². The van der Waals surface area contributed by atoms with Crippen LogP contribution in [0.5, 0.6) is 0 Å². The SMILES string of the molecule is CC[C@@H](C)C(=O)O[C@@H](C)[C@]1(O)CC[C@]2(O)[C@@H]3CC[C@H]4C[C@@H](O[C@@H]5C[C@H](O)[C@H](O[C@H]6C[C@H](OC)[C@H](O[C@H]7C[C@@H](OC)[C@H](O[C@H]8C[C@@H](OC)[C@H](O[C@@H]9O[C@H](CO)[C@@H](O[C@@H]%10O[C@H](CO)[C@@H](O)[C@H](O)[C@H]%10O)[C@H](O)[C@H]9O)[C@@H](C)O8)[C@@H](C)O7)[C@@H](C)O6)[C@@H](C)O5)CC[C@]4(C)[C@H]3C[C@@H](OC(C)=O)[C@]12C. The molecule has 96 heavy (non-hydrogen) atoms. The van der Waals surface area contributed by atoms with Crippen molar-refractivity contribution in [3.8, 4) is 0 Å². The van der Waals surface area contributed by atoms with E-state index in [2.05, 4.69) is 6.92 Å². The predicted molar refractivity (Wildman–Crippen MR) is 329 cm³/mol. The molecule has 29 nitrogen and oxygen atoms in total. The molecule has 4 aliphatic carbocycles. The van der Waals surface area contributed by atoms with Crippen LogP contribution in [0.4, 0.5) is 0 Å². The zero-order valence-electron chi connectivity index (χ0n) is 57.9. The first-order valence-corrected chi connectivity index (χ1v) is 35.0. The van der Waals surface area contributed by atoms with E-state index in [0.29, 0.717) is 25.7 Å². The average Bonchev–Trinajstić information content (AvgIpc) is 1.47. The molecule has 0 spiro atoms. The third kappa shape index (κ3) is 14.6. The Bertz CT molecular complexity index is 2530. The minimum absolute atomic E-state index is 0.0258. The first-order valence-electron chi connectivity index (χ1n) is 35.0. The molecule has 0 radical (unpaired) electrons. The Hall–Kier alpha value is -2.06. The lowest BCUT2D eigenvalue weighted by Crippen LogP contribution is -2.72. The fourth-order valence-corrected chi connectivity index (χ4v) is 18.3. The first kappa shape index (κ1) is 76.6. The summed E-state index contributed by atoms with van der Waals surface area (Å²) in [6, 6.07) is 0. The number of methoxy groups -OCH3 is 3. The Kier molecular flexibility index (Phi) is 24.8. The molecule has 10 N–H and O–H groups in total. The summed E-state index contributed by atoms with van der Waals surface area (Å²) in [5.74, 6) is -1.27. The predicted octanol–water partition coefficient (Wildman–Crippen LogP) is 0.890. The molecule has 29 heteroatoms. The quantitative estimate of drug-likeness (QED) is 0.0531. The molecular weight excluding hydrogens is 1270 g/mol. The standard InChI is InChI=1S/C67H112O29/c1-14-29(2)61(77)87-34(7)66(78)19-20-67(79)38-16-15-36-21-37(17-18-64(36,9)39(38)22-46(65(66,67)10)88-35(8)70)89-47-23-40(71)56(30(3)83-47)92-48-24-41(80-11)57(31(4)84-48)93-49-25-42(81-12)58(32(5)85-49)94-50-26-43(82-13)59(33(6)86-50)95-63-55(76)53(74)60(45(28-69)91-63)96-62-54(75)52(73)51(72)44(27-68)90-62/h29-34,36-60,62-63,68-69,71-76,78-79H,14-28H2,1-13H3/t29-,30-,31-,32-,33-,34+,36+,37+,38-,39+,40+,41+,42-,43-,44-,45-,46-,47-,48+,49+,50+,51-,52+,53-,54-,55-,56-,57-,58-,59-,60-,62+,63+,64+,65-,66-,67+/m1/s1. The fourth-order valence-electron chi connectivity index (χ4n) is 18.3. The van der Waals surface area contributed by atoms with E-state index >= 15 is 0 Å². The maximum atomic E-state index is 13.1. The highest BCUT2D eigenvalue weighted by Gasteiger charge is 2.77. The van der Waals surface area contributed by atoms with Gasteiger partial charge in [-0.25, -0.2) is 0 Å². The van der Waals surface area contributed by atoms with Gasteiger partial charge in [-0.3, -0.25) is 9.59 Å². The zero-order chi connectivity index (χ0) is 69.8. The fraction of sp³-hybridized carbons (Fsp3) is 0.970. The molecule has 4 saturated carbocycles. The maximum Gasteiger partial charge on any atom is 0.309 e. The molecule has 6 aliphatic heterocycles. The number of hydrogen-bond acceptors (Lipinski definition) is 29. The summed E-state index contributed by atoms with van der Waals surface area (Å²) < 4.78 is 105. The van der Waals surface area contributed by atoms with Gasteiger partial charge in [-0.2, -0.15) is 0 Å². The van der Waals surface area contributed by atoms with E-state index in [1.54, 1.807) is 35.0 Å². The topological polar surface area (TPSA) is 393 Å². The normalized spacial score (nSPS) is 51.3. The molecule has 10 fully saturated rings. The molecule has 554 valence electrons. The van der Waals surface area contributed by atoms with Gasteiger partial charge in [0.1, 0.15) is 91.1 Å². The van der Waals surface area contributed by atoms with Crippen LogP contribution in [-0.4, -0.2) is 287 Å². The van der Waals surface area contributed by atoms with E-state index < -0.39 is 214 Å². The van der Waals surface area contributed by atoms with Crippen molar-refractivity contribution in [3.63, 3.8) is 0 Å². The highest BCUT2D eigenvalue weighted by Crippen LogP contribution is 2.71. The van der Waals surface area contributed by atoms with E-state index in [-0.39, 0.29) is 73.7 Å². The summed E-state index contributed by atoms with van der Waals surface area (Å²) >= 11 is 0. The number of fused-ring (bicyclic) bond motifs is 5. The Morgan fingerprint density at radius 2 is 1.02 bits per heavy atom. The second-order valence-corrected chi connectivity index (χ2v) is 29.6. The van der Waals surface area contributed by atoms with E-state index in [4.69, 9.17) is 80.5 Å². The number of rotatable bonds is 22. The van der Waals surface area contributed by atoms with Crippen LogP contribution in [-0.2, 0) is 90.1 Å². The van der Waals surface area contributed by atoms with Crippen molar-refractivity contribution in [2.75, 3.05) is 34.5 Å². The molecule has 0 aromatic rings. The lowest BCUT2D eigenvalue weighted by atomic mass is 9.42. The van der Waals surface area contributed by atoms with Crippen LogP contribution in [0.3, 0.4) is 0 Å². The molecule has 0 amide bonds. The molecule has 10 aliphatic rings. The van der Waals surface area contributed by atoms with Gasteiger partial charge in [-0.1, -0.05) is 27.7 Å². The Balaban J connectivity index is 0.683. The van der Waals surface area contributed by atoms with Gasteiger partial charge in [0.15, 0.2) is 37.7 Å². The second kappa shape index (κ2) is 31.1. The van der Waals surface area contributed by atoms with E-state index in [1.807, 2.05) is 34.6 Å². The van der Waals surface area contributed by atoms with Crippen LogP contribution in [0.15, 0.2) is 0 Å². The number of esters is 2. The minimum Gasteiger partial charge on any atom is -0.462 e. The van der Waals surface area contributed by atoms with Gasteiger partial charge >= 0.3 is 11.9 Å². The van der Waals surface area contributed by atoms with Gasteiger partial charge in [0, 0.05) is 53.9 Å². The number of carbonyl (C=O) groups is 2. The summed E-state index contributed by atoms with van der Waals surface area (Å²) in [4.78, 5) is 25.9. The Morgan fingerprint density at radius 3 is 1.53 bits per heavy atom. The Morgan fingerprint density at radius 1 is 0.531 bits per heavy atom. The third-order valence-electron chi connectivity index (χ3n) is 24.3. The number of ether oxygens (including phenoxy) is 17. The molecule has 6 heterocycles. The highest BCUT2D eigenvalue weighted by atomic mass is 16.8. The Labute approximate surface area is 562 Å². The van der Waals surface area contributed by atoms with Gasteiger partial charge in [0.25, 0.3) is 0 Å². The summed E-state index contributed by atoms with van der Waals surface area (Å²) in [7, 11) is 4.61. The molecule has 37 atom stereocenters. The maximum absolute atomic E-state index is 13.1. The minimum atomic E-state index is -1.82. The lowest BCUT2D eigenvalue weighted by Gasteiger charge is -2.66. The third-order valence-corrected chi connectivity index (χ3v) is 24.3. The molecule has 6 saturated heterocycles. The second-order valence-electron chi connectivity index (χ2n) is 29.6. The van der Waals surface area contributed by atoms with E-state index in [0.717, 1.165) is 19.3 Å². The molecule has 0 bridgehead atoms. The van der Waals surface area contributed by atoms with Crippen LogP contribution in [0.2, 0.25) is 0 Å². The van der Waals surface area contributed by atoms with Gasteiger partial charge in [0.2, 0.25) is 0 Å². The van der Waals surface area contributed by atoms with Crippen molar-refractivity contribution < 1.29 is 141 Å². The number of aliphatic hydroxyl groups excluding tert-OH is 8. The molecule has 0 aromatic carbocycles. The van der Waals surface area contributed by atoms with Crippen LogP contribution in [0.1, 0.15) is 153 Å². The monoisotopic (exact) mass is 1380 g/mol. The van der Waals surface area contributed by atoms with Gasteiger partial charge in [-0.05, 0) is 116 Å². The van der Waals surface area contributed by atoms with Gasteiger partial charge < -0.3 is 132 Å². The van der Waals surface area contributed by atoms with E-state index in [1.165, 1.54) is 14.0 Å². The first-order chi connectivity index (χ1) is 45.4. The lowest BCUT2D eigenvalue weighted by molar-refractivity contribution is -0.376. The van der Waals surface area contributed by atoms with Crippen LogP contribution >= 0.6 is 0 Å². The summed E-state index contributed by atoms with van der Waals surface area (Å²) in [6.45, 7) is 16.6. The molecule has 0 unspecified atom stereocenters. The van der Waals surface area contributed by atoms with Crippen LogP contribution in [0, 0.1) is 34.5 Å². The van der Waals surface area contributed by atoms with Crippen molar-refractivity contribution in [2.24, 2.45) is 34.5 Å². The molecule has 0 aromatic heterocycles. The average molecular weight is 1380 g/mol.